The monoisotopic (exact) mass is 426 g/mol. The molecule has 0 aliphatic heterocycles. The van der Waals surface area contributed by atoms with Crippen LogP contribution in [-0.2, 0) is 0 Å². The minimum absolute atomic E-state index is 0.179. The lowest BCUT2D eigenvalue weighted by atomic mass is 10.1. The number of nitrogens with one attached hydrogen (secondary N) is 2. The number of amides is 2. The van der Waals surface area contributed by atoms with Crippen molar-refractivity contribution < 1.29 is 9.59 Å². The Morgan fingerprint density at radius 1 is 1.03 bits per heavy atom. The van der Waals surface area contributed by atoms with Gasteiger partial charge in [-0.2, -0.15) is 0 Å². The van der Waals surface area contributed by atoms with Gasteiger partial charge in [0.15, 0.2) is 0 Å². The molecule has 0 fully saturated rings. The normalized spacial score (nSPS) is 10.8. The number of hydrogen-bond donors (Lipinski definition) is 2. The van der Waals surface area contributed by atoms with Gasteiger partial charge in [-0.1, -0.05) is 26.0 Å². The van der Waals surface area contributed by atoms with Gasteiger partial charge in [-0.3, -0.25) is 9.59 Å². The molecular weight excluding hydrogens is 404 g/mol. The van der Waals surface area contributed by atoms with Crippen LogP contribution in [-0.4, -0.2) is 28.0 Å². The van der Waals surface area contributed by atoms with E-state index in [4.69, 9.17) is 0 Å². The van der Waals surface area contributed by atoms with Crippen LogP contribution >= 0.6 is 23.1 Å². The van der Waals surface area contributed by atoms with Gasteiger partial charge in [0.25, 0.3) is 11.8 Å². The quantitative estimate of drug-likeness (QED) is 0.418. The Morgan fingerprint density at radius 3 is 2.31 bits per heavy atom. The molecule has 29 heavy (non-hydrogen) atoms. The lowest BCUT2D eigenvalue weighted by Crippen LogP contribution is -2.18. The maximum absolute atomic E-state index is 12.9. The van der Waals surface area contributed by atoms with Crippen LogP contribution < -0.4 is 10.6 Å². The summed E-state index contributed by atoms with van der Waals surface area (Å²) < 4.78 is 0. The molecule has 0 saturated heterocycles. The summed E-state index contributed by atoms with van der Waals surface area (Å²) in [6.45, 7) is 5.86. The summed E-state index contributed by atoms with van der Waals surface area (Å²) in [5, 5.41) is 8.24. The first kappa shape index (κ1) is 21.0. The molecular formula is C21H22N4O2S2. The van der Waals surface area contributed by atoms with Gasteiger partial charge in [-0.15, -0.1) is 23.1 Å². The minimum Gasteiger partial charge on any atom is -0.322 e. The van der Waals surface area contributed by atoms with E-state index in [2.05, 4.69) is 20.6 Å². The Morgan fingerprint density at radius 2 is 1.72 bits per heavy atom. The molecule has 0 atom stereocenters. The highest BCUT2D eigenvalue weighted by atomic mass is 32.2. The molecule has 3 rings (SSSR count). The van der Waals surface area contributed by atoms with Crippen LogP contribution in [0.2, 0.25) is 0 Å². The number of carbonyl (C=O) groups excluding carboxylic acids is 2. The Labute approximate surface area is 178 Å². The van der Waals surface area contributed by atoms with Crippen LogP contribution in [0.5, 0.6) is 0 Å². The molecule has 6 nitrogen and oxygen atoms in total. The molecule has 2 aromatic heterocycles. The van der Waals surface area contributed by atoms with Gasteiger partial charge in [-0.05, 0) is 42.8 Å². The number of nitrogens with zero attached hydrogens (tertiary/aromatic N) is 2. The van der Waals surface area contributed by atoms with Crippen LogP contribution in [0.4, 0.5) is 11.4 Å². The summed E-state index contributed by atoms with van der Waals surface area (Å²) in [6.07, 6.45) is 1.89. The largest absolute Gasteiger partial charge is 0.322 e. The van der Waals surface area contributed by atoms with E-state index in [1.54, 1.807) is 30.3 Å². The van der Waals surface area contributed by atoms with Gasteiger partial charge in [0.2, 0.25) is 0 Å². The highest BCUT2D eigenvalue weighted by Crippen LogP contribution is 2.25. The van der Waals surface area contributed by atoms with Gasteiger partial charge in [-0.25, -0.2) is 9.97 Å². The second-order valence-electron chi connectivity index (χ2n) is 6.67. The number of rotatable bonds is 6. The second kappa shape index (κ2) is 9.19. The lowest BCUT2D eigenvalue weighted by molar-refractivity contribution is 0.101. The number of hydrogen-bond acceptors (Lipinski definition) is 6. The fourth-order valence-electron chi connectivity index (χ4n) is 2.70. The van der Waals surface area contributed by atoms with Gasteiger partial charge in [0, 0.05) is 17.3 Å². The zero-order valence-corrected chi connectivity index (χ0v) is 18.3. The fraction of sp³-hybridized carbons (Fsp3) is 0.238. The first-order valence-electron chi connectivity index (χ1n) is 9.07. The SMILES string of the molecule is CSc1nc(C(C)C)nc(C)c1C(=O)Nc1cccc(NC(=O)c2cccs2)c1. The maximum Gasteiger partial charge on any atom is 0.265 e. The molecule has 3 aromatic rings. The minimum atomic E-state index is -0.274. The molecule has 150 valence electrons. The van der Waals surface area contributed by atoms with E-state index in [1.165, 1.54) is 23.1 Å². The van der Waals surface area contributed by atoms with Gasteiger partial charge >= 0.3 is 0 Å². The zero-order chi connectivity index (χ0) is 21.0. The molecule has 0 aliphatic carbocycles. The molecule has 2 amide bonds. The number of carbonyl (C=O) groups is 2. The second-order valence-corrected chi connectivity index (χ2v) is 8.42. The summed E-state index contributed by atoms with van der Waals surface area (Å²) >= 11 is 2.80. The van der Waals surface area contributed by atoms with Crippen LogP contribution in [0.1, 0.15) is 51.3 Å². The third-order valence-electron chi connectivity index (χ3n) is 4.13. The van der Waals surface area contributed by atoms with E-state index in [9.17, 15) is 9.59 Å². The van der Waals surface area contributed by atoms with E-state index in [-0.39, 0.29) is 17.7 Å². The van der Waals surface area contributed by atoms with Gasteiger partial charge in [0.1, 0.15) is 10.9 Å². The summed E-state index contributed by atoms with van der Waals surface area (Å²) in [6, 6.07) is 10.6. The molecule has 2 heterocycles. The topological polar surface area (TPSA) is 84.0 Å². The lowest BCUT2D eigenvalue weighted by Gasteiger charge is -2.14. The zero-order valence-electron chi connectivity index (χ0n) is 16.6. The third-order valence-corrected chi connectivity index (χ3v) is 5.68. The number of aryl methyl sites for hydroxylation is 1. The van der Waals surface area contributed by atoms with Crippen molar-refractivity contribution >= 4 is 46.3 Å². The van der Waals surface area contributed by atoms with Crippen molar-refractivity contribution in [2.75, 3.05) is 16.9 Å². The highest BCUT2D eigenvalue weighted by molar-refractivity contribution is 7.98. The molecule has 0 unspecified atom stereocenters. The molecule has 0 saturated carbocycles. The summed E-state index contributed by atoms with van der Waals surface area (Å²) in [5.74, 6) is 0.451. The Kier molecular flexibility index (Phi) is 6.66. The van der Waals surface area contributed by atoms with Crippen molar-refractivity contribution in [3.8, 4) is 0 Å². The van der Waals surface area contributed by atoms with E-state index in [1.807, 2.05) is 38.5 Å². The van der Waals surface area contributed by atoms with Crippen molar-refractivity contribution in [2.24, 2.45) is 0 Å². The van der Waals surface area contributed by atoms with E-state index >= 15 is 0 Å². The van der Waals surface area contributed by atoms with E-state index < -0.39 is 0 Å². The standard InChI is InChI=1S/C21H22N4O2S2/c1-12(2)18-22-13(3)17(21(25-18)28-4)20(27)24-15-8-5-7-14(11-15)23-19(26)16-9-6-10-29-16/h5-12H,1-4H3,(H,23,26)(H,24,27). The Hall–Kier alpha value is -2.71. The van der Waals surface area contributed by atoms with Crippen LogP contribution in [0.3, 0.4) is 0 Å². The number of thiophene rings is 1. The predicted molar refractivity (Wildman–Crippen MR) is 119 cm³/mol. The Bertz CT molecular complexity index is 1030. The molecule has 0 bridgehead atoms. The summed E-state index contributed by atoms with van der Waals surface area (Å²) in [7, 11) is 0. The van der Waals surface area contributed by atoms with Crippen LogP contribution in [0.25, 0.3) is 0 Å². The van der Waals surface area contributed by atoms with Crippen molar-refractivity contribution in [1.82, 2.24) is 9.97 Å². The summed E-state index contributed by atoms with van der Waals surface area (Å²) in [4.78, 5) is 34.8. The third kappa shape index (κ3) is 5.02. The van der Waals surface area contributed by atoms with Crippen LogP contribution in [0.15, 0.2) is 46.8 Å². The van der Waals surface area contributed by atoms with Crippen molar-refractivity contribution in [3.63, 3.8) is 0 Å². The average molecular weight is 427 g/mol. The molecule has 0 radical (unpaired) electrons. The van der Waals surface area contributed by atoms with E-state index in [0.29, 0.717) is 32.5 Å². The number of benzene rings is 1. The molecule has 2 N–H and O–H groups in total. The smallest absolute Gasteiger partial charge is 0.265 e. The van der Waals surface area contributed by atoms with Gasteiger partial charge in [0.05, 0.1) is 16.1 Å². The maximum atomic E-state index is 12.9. The van der Waals surface area contributed by atoms with Crippen LogP contribution in [0, 0.1) is 6.92 Å². The number of aromatic nitrogens is 2. The predicted octanol–water partition coefficient (Wildman–Crippen LogP) is 5.20. The summed E-state index contributed by atoms with van der Waals surface area (Å²) in [5.41, 5.74) is 2.30. The fourth-order valence-corrected chi connectivity index (χ4v) is 3.95. The van der Waals surface area contributed by atoms with E-state index in [0.717, 1.165) is 5.82 Å². The number of thioether (sulfide) groups is 1. The first-order chi connectivity index (χ1) is 13.9. The van der Waals surface area contributed by atoms with Crippen molar-refractivity contribution in [3.05, 3.63) is 63.7 Å². The molecule has 1 aromatic carbocycles. The molecule has 8 heteroatoms. The first-order valence-corrected chi connectivity index (χ1v) is 11.2. The van der Waals surface area contributed by atoms with Crippen molar-refractivity contribution in [1.29, 1.82) is 0 Å². The number of anilines is 2. The molecule has 0 aliphatic rings. The van der Waals surface area contributed by atoms with Gasteiger partial charge < -0.3 is 10.6 Å². The molecule has 0 spiro atoms. The average Bonchev–Trinajstić information content (AvgIpc) is 3.22. The Balaban J connectivity index is 1.80. The highest BCUT2D eigenvalue weighted by Gasteiger charge is 2.19. The van der Waals surface area contributed by atoms with Crippen molar-refractivity contribution in [2.45, 2.75) is 31.7 Å².